The van der Waals surface area contributed by atoms with Gasteiger partial charge in [0.15, 0.2) is 0 Å². The van der Waals surface area contributed by atoms with Gasteiger partial charge in [0, 0.05) is 21.0 Å². The summed E-state index contributed by atoms with van der Waals surface area (Å²) in [7, 11) is 0. The molecule has 0 aromatic heterocycles. The zero-order chi connectivity index (χ0) is 13.9. The summed E-state index contributed by atoms with van der Waals surface area (Å²) in [5.41, 5.74) is 2.85. The van der Waals surface area contributed by atoms with Crippen LogP contribution in [0.3, 0.4) is 0 Å². The number of rotatable bonds is 4. The smallest absolute Gasteiger partial charge is 0.0292 e. The SMILES string of the molecule is ClCC(CC1CSc2ccccc21)c1ccc(Br)cc1. The number of thioether (sulfide) groups is 1. The van der Waals surface area contributed by atoms with Crippen LogP contribution in [-0.4, -0.2) is 11.6 Å². The summed E-state index contributed by atoms with van der Waals surface area (Å²) in [5, 5.41) is 0. The zero-order valence-electron chi connectivity index (χ0n) is 11.1. The molecule has 20 heavy (non-hydrogen) atoms. The van der Waals surface area contributed by atoms with Crippen LogP contribution in [0.5, 0.6) is 0 Å². The van der Waals surface area contributed by atoms with Crippen molar-refractivity contribution in [3.63, 3.8) is 0 Å². The van der Waals surface area contributed by atoms with Crippen molar-refractivity contribution in [3.05, 3.63) is 64.1 Å². The minimum absolute atomic E-state index is 0.432. The second-order valence-electron chi connectivity index (χ2n) is 5.18. The second-order valence-corrected chi connectivity index (χ2v) is 7.47. The van der Waals surface area contributed by atoms with Gasteiger partial charge in [-0.1, -0.05) is 46.3 Å². The van der Waals surface area contributed by atoms with Gasteiger partial charge in [-0.3, -0.25) is 0 Å². The molecule has 104 valence electrons. The maximum Gasteiger partial charge on any atom is 0.0292 e. The minimum atomic E-state index is 0.432. The third-order valence-electron chi connectivity index (χ3n) is 3.90. The lowest BCUT2D eigenvalue weighted by Gasteiger charge is -2.19. The Bertz CT molecular complexity index is 582. The number of benzene rings is 2. The summed E-state index contributed by atoms with van der Waals surface area (Å²) < 4.78 is 1.12. The van der Waals surface area contributed by atoms with Crippen molar-refractivity contribution >= 4 is 39.3 Å². The molecule has 0 aliphatic carbocycles. The van der Waals surface area contributed by atoms with Crippen LogP contribution in [0.4, 0.5) is 0 Å². The molecule has 2 unspecified atom stereocenters. The topological polar surface area (TPSA) is 0 Å². The van der Waals surface area contributed by atoms with Crippen LogP contribution in [0.2, 0.25) is 0 Å². The lowest BCUT2D eigenvalue weighted by atomic mass is 9.87. The third kappa shape index (κ3) is 3.08. The first kappa shape index (κ1) is 14.5. The van der Waals surface area contributed by atoms with E-state index in [-0.39, 0.29) is 0 Å². The molecule has 0 nitrogen and oxygen atoms in total. The lowest BCUT2D eigenvalue weighted by molar-refractivity contribution is 0.604. The monoisotopic (exact) mass is 366 g/mol. The first-order chi connectivity index (χ1) is 9.78. The van der Waals surface area contributed by atoms with Crippen molar-refractivity contribution in [1.82, 2.24) is 0 Å². The fourth-order valence-corrected chi connectivity index (χ4v) is 4.63. The van der Waals surface area contributed by atoms with E-state index in [1.807, 2.05) is 11.8 Å². The Balaban J connectivity index is 1.78. The number of hydrogen-bond acceptors (Lipinski definition) is 1. The van der Waals surface area contributed by atoms with Crippen LogP contribution in [0, 0.1) is 0 Å². The predicted octanol–water partition coefficient (Wildman–Crippen LogP) is 6.05. The van der Waals surface area contributed by atoms with Gasteiger partial charge in [-0.2, -0.15) is 0 Å². The number of fused-ring (bicyclic) bond motifs is 1. The standard InChI is InChI=1S/C17H16BrClS/c18-15-7-5-12(6-8-15)13(10-19)9-14-11-20-17-4-2-1-3-16(14)17/h1-8,13-14H,9-11H2. The van der Waals surface area contributed by atoms with Gasteiger partial charge in [0.1, 0.15) is 0 Å². The highest BCUT2D eigenvalue weighted by Gasteiger charge is 2.26. The molecule has 0 radical (unpaired) electrons. The molecule has 2 atom stereocenters. The van der Waals surface area contributed by atoms with Crippen LogP contribution < -0.4 is 0 Å². The zero-order valence-corrected chi connectivity index (χ0v) is 14.2. The second kappa shape index (κ2) is 6.55. The summed E-state index contributed by atoms with van der Waals surface area (Å²) in [5.74, 6) is 2.93. The highest BCUT2D eigenvalue weighted by molar-refractivity contribution is 9.10. The first-order valence-electron chi connectivity index (χ1n) is 6.81. The Morgan fingerprint density at radius 3 is 2.65 bits per heavy atom. The van der Waals surface area contributed by atoms with Gasteiger partial charge in [0.25, 0.3) is 0 Å². The largest absolute Gasteiger partial charge is 0.126 e. The van der Waals surface area contributed by atoms with Crippen LogP contribution in [0.25, 0.3) is 0 Å². The highest BCUT2D eigenvalue weighted by atomic mass is 79.9. The summed E-state index contributed by atoms with van der Waals surface area (Å²) in [6.07, 6.45) is 1.13. The molecule has 2 aromatic carbocycles. The Labute approximate surface area is 138 Å². The molecule has 1 aliphatic heterocycles. The van der Waals surface area contributed by atoms with E-state index < -0.39 is 0 Å². The Morgan fingerprint density at radius 1 is 1.15 bits per heavy atom. The quantitative estimate of drug-likeness (QED) is 0.593. The van der Waals surface area contributed by atoms with Gasteiger partial charge in [-0.25, -0.2) is 0 Å². The van der Waals surface area contributed by atoms with Gasteiger partial charge >= 0.3 is 0 Å². The average Bonchev–Trinajstić information content (AvgIpc) is 2.89. The van der Waals surface area contributed by atoms with Crippen molar-refractivity contribution in [3.8, 4) is 0 Å². The molecule has 0 fully saturated rings. The molecule has 0 N–H and O–H groups in total. The van der Waals surface area contributed by atoms with Crippen molar-refractivity contribution < 1.29 is 0 Å². The van der Waals surface area contributed by atoms with Gasteiger partial charge < -0.3 is 0 Å². The predicted molar refractivity (Wildman–Crippen MR) is 92.1 cm³/mol. The molecule has 0 saturated carbocycles. The van der Waals surface area contributed by atoms with E-state index in [1.165, 1.54) is 21.8 Å². The van der Waals surface area contributed by atoms with Gasteiger partial charge in [-0.15, -0.1) is 23.4 Å². The molecule has 1 aliphatic rings. The maximum atomic E-state index is 6.23. The number of alkyl halides is 1. The molecule has 3 heteroatoms. The average molecular weight is 368 g/mol. The van der Waals surface area contributed by atoms with E-state index in [0.717, 1.165) is 10.9 Å². The molecule has 0 spiro atoms. The van der Waals surface area contributed by atoms with E-state index in [9.17, 15) is 0 Å². The molecular formula is C17H16BrClS. The van der Waals surface area contributed by atoms with Crippen molar-refractivity contribution in [2.45, 2.75) is 23.2 Å². The van der Waals surface area contributed by atoms with E-state index in [4.69, 9.17) is 11.6 Å². The Kier molecular flexibility index (Phi) is 4.75. The minimum Gasteiger partial charge on any atom is -0.126 e. The Hall–Kier alpha value is -0.440. The van der Waals surface area contributed by atoms with Gasteiger partial charge in [-0.05, 0) is 47.6 Å². The molecule has 0 bridgehead atoms. The maximum absolute atomic E-state index is 6.23. The number of halogens is 2. The van der Waals surface area contributed by atoms with E-state index >= 15 is 0 Å². The summed E-state index contributed by atoms with van der Waals surface area (Å²) in [4.78, 5) is 1.45. The Morgan fingerprint density at radius 2 is 1.90 bits per heavy atom. The van der Waals surface area contributed by atoms with Crippen LogP contribution in [0.1, 0.15) is 29.4 Å². The molecular weight excluding hydrogens is 352 g/mol. The van der Waals surface area contributed by atoms with E-state index in [0.29, 0.717) is 17.7 Å². The van der Waals surface area contributed by atoms with Crippen LogP contribution in [-0.2, 0) is 0 Å². The fourth-order valence-electron chi connectivity index (χ4n) is 2.79. The normalized spacial score (nSPS) is 18.8. The lowest BCUT2D eigenvalue weighted by Crippen LogP contribution is -2.07. The highest BCUT2D eigenvalue weighted by Crippen LogP contribution is 2.44. The summed E-state index contributed by atoms with van der Waals surface area (Å²) in [6, 6.07) is 17.4. The number of hydrogen-bond donors (Lipinski definition) is 0. The van der Waals surface area contributed by atoms with Gasteiger partial charge in [0.2, 0.25) is 0 Å². The summed E-state index contributed by atoms with van der Waals surface area (Å²) >= 11 is 11.7. The fraction of sp³-hybridized carbons (Fsp3) is 0.294. The molecule has 2 aromatic rings. The summed E-state index contributed by atoms with van der Waals surface area (Å²) in [6.45, 7) is 0. The van der Waals surface area contributed by atoms with E-state index in [2.05, 4.69) is 64.5 Å². The van der Waals surface area contributed by atoms with Crippen LogP contribution >= 0.6 is 39.3 Å². The molecule has 3 rings (SSSR count). The third-order valence-corrected chi connectivity index (χ3v) is 6.05. The molecule has 1 heterocycles. The van der Waals surface area contributed by atoms with Crippen molar-refractivity contribution in [1.29, 1.82) is 0 Å². The first-order valence-corrected chi connectivity index (χ1v) is 9.12. The molecule has 0 saturated heterocycles. The van der Waals surface area contributed by atoms with Gasteiger partial charge in [0.05, 0.1) is 0 Å². The molecule has 0 amide bonds. The van der Waals surface area contributed by atoms with Crippen molar-refractivity contribution in [2.75, 3.05) is 11.6 Å². The van der Waals surface area contributed by atoms with Crippen LogP contribution in [0.15, 0.2) is 57.9 Å². The van der Waals surface area contributed by atoms with Crippen molar-refractivity contribution in [2.24, 2.45) is 0 Å². The van der Waals surface area contributed by atoms with E-state index in [1.54, 1.807) is 0 Å².